The maximum Gasteiger partial charge on any atom is 0.338 e. The molecule has 0 aliphatic rings. The maximum absolute atomic E-state index is 11.8. The first-order valence-electron chi connectivity index (χ1n) is 5.40. The lowest BCUT2D eigenvalue weighted by atomic mass is 10.1. The summed E-state index contributed by atoms with van der Waals surface area (Å²) in [5.74, 6) is -0.323. The predicted octanol–water partition coefficient (Wildman–Crippen LogP) is 2.59. The number of rotatable bonds is 1. The summed E-state index contributed by atoms with van der Waals surface area (Å²) >= 11 is 0. The molecule has 2 rings (SSSR count). The van der Waals surface area contributed by atoms with Crippen LogP contribution in [0, 0.1) is 0 Å². The second-order valence-electron chi connectivity index (χ2n) is 4.81. The van der Waals surface area contributed by atoms with E-state index in [-0.39, 0.29) is 5.97 Å². The number of carbonyl (C=O) groups is 1. The van der Waals surface area contributed by atoms with Gasteiger partial charge in [0.25, 0.3) is 0 Å². The first-order chi connectivity index (χ1) is 7.96. The first-order valence-corrected chi connectivity index (χ1v) is 5.40. The average molecular weight is 230 g/mol. The fourth-order valence-corrected chi connectivity index (χ4v) is 1.45. The molecule has 0 amide bonds. The Morgan fingerprint density at radius 1 is 1.24 bits per heavy atom. The van der Waals surface area contributed by atoms with E-state index >= 15 is 0 Å². The van der Waals surface area contributed by atoms with Crippen molar-refractivity contribution in [2.24, 2.45) is 0 Å². The van der Waals surface area contributed by atoms with E-state index in [0.717, 1.165) is 10.9 Å². The zero-order chi connectivity index (χ0) is 12.5. The molecule has 1 heterocycles. The van der Waals surface area contributed by atoms with Gasteiger partial charge in [-0.1, -0.05) is 0 Å². The molecule has 0 aliphatic carbocycles. The van der Waals surface area contributed by atoms with Crippen LogP contribution in [0.2, 0.25) is 0 Å². The largest absolute Gasteiger partial charge is 0.456 e. The van der Waals surface area contributed by atoms with Crippen molar-refractivity contribution in [2.45, 2.75) is 26.4 Å². The molecule has 2 aromatic rings. The third-order valence-electron chi connectivity index (χ3n) is 2.15. The van der Waals surface area contributed by atoms with Gasteiger partial charge in [0.15, 0.2) is 0 Å². The minimum atomic E-state index is -0.484. The van der Waals surface area contributed by atoms with Crippen molar-refractivity contribution < 1.29 is 9.53 Å². The molecule has 0 saturated carbocycles. The van der Waals surface area contributed by atoms with Crippen LogP contribution in [0.4, 0.5) is 0 Å². The summed E-state index contributed by atoms with van der Waals surface area (Å²) in [5, 5.41) is 8.61. The summed E-state index contributed by atoms with van der Waals surface area (Å²) in [5.41, 5.74) is 0.808. The van der Waals surface area contributed by atoms with Crippen LogP contribution in [0.25, 0.3) is 10.9 Å². The third kappa shape index (κ3) is 2.78. The lowest BCUT2D eigenvalue weighted by Crippen LogP contribution is -2.23. The van der Waals surface area contributed by atoms with Gasteiger partial charge in [-0.3, -0.25) is 0 Å². The highest BCUT2D eigenvalue weighted by Gasteiger charge is 2.17. The van der Waals surface area contributed by atoms with Crippen LogP contribution in [0.5, 0.6) is 0 Å². The molecule has 4 nitrogen and oxygen atoms in total. The maximum atomic E-state index is 11.8. The smallest absolute Gasteiger partial charge is 0.338 e. The van der Waals surface area contributed by atoms with Crippen LogP contribution in [0.15, 0.2) is 30.5 Å². The summed E-state index contributed by atoms with van der Waals surface area (Å²) < 4.78 is 5.30. The fourth-order valence-electron chi connectivity index (χ4n) is 1.45. The van der Waals surface area contributed by atoms with Crippen LogP contribution in [-0.4, -0.2) is 21.8 Å². The Hall–Kier alpha value is -1.97. The summed E-state index contributed by atoms with van der Waals surface area (Å²) in [6.07, 6.45) is 1.60. The molecule has 0 aliphatic heterocycles. The second-order valence-corrected chi connectivity index (χ2v) is 4.81. The van der Waals surface area contributed by atoms with Crippen molar-refractivity contribution in [2.75, 3.05) is 0 Å². The zero-order valence-corrected chi connectivity index (χ0v) is 10.1. The fraction of sp³-hybridized carbons (Fsp3) is 0.308. The van der Waals surface area contributed by atoms with E-state index in [1.54, 1.807) is 24.4 Å². The molecule has 4 heteroatoms. The Balaban J connectivity index is 2.33. The van der Waals surface area contributed by atoms with Crippen molar-refractivity contribution in [3.63, 3.8) is 0 Å². The summed E-state index contributed by atoms with van der Waals surface area (Å²) in [6.45, 7) is 5.53. The lowest BCUT2D eigenvalue weighted by Gasteiger charge is -2.19. The number of hydrogen-bond acceptors (Lipinski definition) is 4. The summed E-state index contributed by atoms with van der Waals surface area (Å²) in [7, 11) is 0. The lowest BCUT2D eigenvalue weighted by molar-refractivity contribution is 0.00697. The van der Waals surface area contributed by atoms with E-state index in [1.807, 2.05) is 26.8 Å². The number of carbonyl (C=O) groups excluding carboxylic acids is 1. The molecule has 1 aromatic carbocycles. The van der Waals surface area contributed by atoms with Gasteiger partial charge < -0.3 is 4.74 Å². The Morgan fingerprint density at radius 3 is 2.71 bits per heavy atom. The van der Waals surface area contributed by atoms with Gasteiger partial charge in [-0.2, -0.15) is 10.2 Å². The third-order valence-corrected chi connectivity index (χ3v) is 2.15. The Kier molecular flexibility index (Phi) is 2.79. The highest BCUT2D eigenvalue weighted by molar-refractivity contribution is 5.94. The average Bonchev–Trinajstić information content (AvgIpc) is 2.26. The van der Waals surface area contributed by atoms with Gasteiger partial charge in [0, 0.05) is 5.39 Å². The highest BCUT2D eigenvalue weighted by atomic mass is 16.6. The van der Waals surface area contributed by atoms with E-state index in [4.69, 9.17) is 4.74 Å². The SMILES string of the molecule is CC(C)(C)OC(=O)c1ccc2nnccc2c1. The molecule has 1 aromatic heterocycles. The topological polar surface area (TPSA) is 52.1 Å². The van der Waals surface area contributed by atoms with E-state index in [0.29, 0.717) is 5.56 Å². The zero-order valence-electron chi connectivity index (χ0n) is 10.1. The molecule has 0 spiro atoms. The quantitative estimate of drug-likeness (QED) is 0.706. The molecule has 0 atom stereocenters. The van der Waals surface area contributed by atoms with Crippen molar-refractivity contribution in [3.8, 4) is 0 Å². The van der Waals surface area contributed by atoms with Crippen molar-refractivity contribution in [1.82, 2.24) is 10.2 Å². The molecular formula is C13H14N2O2. The van der Waals surface area contributed by atoms with Gasteiger partial charge >= 0.3 is 5.97 Å². The van der Waals surface area contributed by atoms with Gasteiger partial charge in [0.1, 0.15) is 5.60 Å². The van der Waals surface area contributed by atoms with Crippen LogP contribution in [0.1, 0.15) is 31.1 Å². The molecule has 0 N–H and O–H groups in total. The number of fused-ring (bicyclic) bond motifs is 1. The predicted molar refractivity (Wildman–Crippen MR) is 64.7 cm³/mol. The number of ether oxygens (including phenoxy) is 1. The summed E-state index contributed by atoms with van der Waals surface area (Å²) in [6, 6.07) is 7.04. The number of aromatic nitrogens is 2. The Bertz CT molecular complexity index is 559. The number of benzene rings is 1. The summed E-state index contributed by atoms with van der Waals surface area (Å²) in [4.78, 5) is 11.8. The molecular weight excluding hydrogens is 216 g/mol. The standard InChI is InChI=1S/C13H14N2O2/c1-13(2,3)17-12(16)10-4-5-11-9(8-10)6-7-14-15-11/h4-8H,1-3H3. The molecule has 0 bridgehead atoms. The monoisotopic (exact) mass is 230 g/mol. The second kappa shape index (κ2) is 4.13. The molecule has 88 valence electrons. The van der Waals surface area contributed by atoms with Gasteiger partial charge in [-0.25, -0.2) is 4.79 Å². The van der Waals surface area contributed by atoms with Gasteiger partial charge in [0.05, 0.1) is 17.3 Å². The van der Waals surface area contributed by atoms with E-state index in [2.05, 4.69) is 10.2 Å². The molecule has 0 unspecified atom stereocenters. The van der Waals surface area contributed by atoms with Crippen LogP contribution < -0.4 is 0 Å². The van der Waals surface area contributed by atoms with E-state index in [9.17, 15) is 4.79 Å². The van der Waals surface area contributed by atoms with Crippen molar-refractivity contribution in [3.05, 3.63) is 36.0 Å². The van der Waals surface area contributed by atoms with Gasteiger partial charge in [0.2, 0.25) is 0 Å². The van der Waals surface area contributed by atoms with Crippen LogP contribution in [-0.2, 0) is 4.74 Å². The minimum absolute atomic E-state index is 0.323. The van der Waals surface area contributed by atoms with Gasteiger partial charge in [-0.05, 0) is 45.0 Å². The Labute approximate surface area is 99.6 Å². The highest BCUT2D eigenvalue weighted by Crippen LogP contribution is 2.16. The normalized spacial score (nSPS) is 11.5. The molecule has 0 radical (unpaired) electrons. The minimum Gasteiger partial charge on any atom is -0.456 e. The Morgan fingerprint density at radius 2 is 2.00 bits per heavy atom. The molecule has 0 saturated heterocycles. The number of esters is 1. The van der Waals surface area contributed by atoms with Crippen molar-refractivity contribution >= 4 is 16.9 Å². The molecule has 0 fully saturated rings. The number of nitrogens with zero attached hydrogens (tertiary/aromatic N) is 2. The van der Waals surface area contributed by atoms with E-state index in [1.165, 1.54) is 0 Å². The first kappa shape index (κ1) is 11.5. The van der Waals surface area contributed by atoms with Crippen LogP contribution in [0.3, 0.4) is 0 Å². The van der Waals surface area contributed by atoms with Gasteiger partial charge in [-0.15, -0.1) is 0 Å². The van der Waals surface area contributed by atoms with Crippen molar-refractivity contribution in [1.29, 1.82) is 0 Å². The van der Waals surface area contributed by atoms with E-state index < -0.39 is 5.60 Å². The number of hydrogen-bond donors (Lipinski definition) is 0. The van der Waals surface area contributed by atoms with Crippen LogP contribution >= 0.6 is 0 Å². The molecule has 17 heavy (non-hydrogen) atoms.